The highest BCUT2D eigenvalue weighted by Gasteiger charge is 2.43. The molecular weight excluding hydrogens is 296 g/mol. The normalized spacial score (nSPS) is 23.0. The molecule has 1 aromatic rings. The lowest BCUT2D eigenvalue weighted by molar-refractivity contribution is 0.0288. The van der Waals surface area contributed by atoms with Gasteiger partial charge in [0.2, 0.25) is 0 Å². The first-order valence-electron chi connectivity index (χ1n) is 7.75. The van der Waals surface area contributed by atoms with Crippen molar-refractivity contribution in [3.63, 3.8) is 0 Å². The highest BCUT2D eigenvalue weighted by Crippen LogP contribution is 2.36. The highest BCUT2D eigenvalue weighted by atomic mass is 16.6. The molecule has 2 aliphatic heterocycles. The molecule has 124 valence electrons. The summed E-state index contributed by atoms with van der Waals surface area (Å²) >= 11 is 0. The van der Waals surface area contributed by atoms with E-state index in [1.807, 2.05) is 26.8 Å². The van der Waals surface area contributed by atoms with Gasteiger partial charge in [0.1, 0.15) is 11.4 Å². The number of nitrogens with one attached hydrogen (secondary N) is 1. The first-order valence-corrected chi connectivity index (χ1v) is 7.75. The van der Waals surface area contributed by atoms with Gasteiger partial charge in [-0.05, 0) is 44.5 Å². The molecule has 1 N–H and O–H groups in total. The van der Waals surface area contributed by atoms with Crippen molar-refractivity contribution in [2.75, 3.05) is 20.2 Å². The number of hydrogen-bond donors (Lipinski definition) is 1. The van der Waals surface area contributed by atoms with Crippen LogP contribution >= 0.6 is 0 Å². The summed E-state index contributed by atoms with van der Waals surface area (Å²) in [6, 6.07) is 5.36. The van der Waals surface area contributed by atoms with Crippen molar-refractivity contribution in [2.45, 2.75) is 38.3 Å². The van der Waals surface area contributed by atoms with Gasteiger partial charge in [0, 0.05) is 24.6 Å². The Kier molecular flexibility index (Phi) is 3.70. The van der Waals surface area contributed by atoms with Crippen molar-refractivity contribution in [3.8, 4) is 5.75 Å². The Morgan fingerprint density at radius 3 is 2.70 bits per heavy atom. The van der Waals surface area contributed by atoms with E-state index in [-0.39, 0.29) is 24.0 Å². The fraction of sp³-hybridized carbons (Fsp3) is 0.529. The van der Waals surface area contributed by atoms with Crippen molar-refractivity contribution in [3.05, 3.63) is 29.3 Å². The summed E-state index contributed by atoms with van der Waals surface area (Å²) in [5, 5.41) is 2.99. The minimum Gasteiger partial charge on any atom is -0.497 e. The zero-order valence-electron chi connectivity index (χ0n) is 13.9. The predicted octanol–water partition coefficient (Wildman–Crippen LogP) is 2.14. The Morgan fingerprint density at radius 2 is 2.04 bits per heavy atom. The van der Waals surface area contributed by atoms with Gasteiger partial charge in [-0.1, -0.05) is 0 Å². The van der Waals surface area contributed by atoms with Gasteiger partial charge in [-0.2, -0.15) is 0 Å². The molecule has 6 heteroatoms. The Labute approximate surface area is 135 Å². The molecule has 0 aromatic heterocycles. The first kappa shape index (κ1) is 15.6. The van der Waals surface area contributed by atoms with E-state index in [1.54, 1.807) is 24.1 Å². The van der Waals surface area contributed by atoms with Gasteiger partial charge in [-0.3, -0.25) is 4.79 Å². The number of carbonyl (C=O) groups is 2. The van der Waals surface area contributed by atoms with Crippen LogP contribution in [0.5, 0.6) is 5.75 Å². The largest absolute Gasteiger partial charge is 0.497 e. The number of fused-ring (bicyclic) bond motifs is 3. The van der Waals surface area contributed by atoms with Crippen molar-refractivity contribution >= 4 is 12.0 Å². The number of carbonyl (C=O) groups excluding carboxylic acids is 2. The van der Waals surface area contributed by atoms with Crippen LogP contribution in [0.15, 0.2) is 18.2 Å². The van der Waals surface area contributed by atoms with Crippen LogP contribution in [0.2, 0.25) is 0 Å². The zero-order chi connectivity index (χ0) is 16.8. The summed E-state index contributed by atoms with van der Waals surface area (Å²) in [5.74, 6) is 0.674. The van der Waals surface area contributed by atoms with E-state index >= 15 is 0 Å². The van der Waals surface area contributed by atoms with E-state index in [4.69, 9.17) is 9.47 Å². The van der Waals surface area contributed by atoms with Crippen molar-refractivity contribution < 1.29 is 19.1 Å². The molecule has 2 atom stereocenters. The van der Waals surface area contributed by atoms with Crippen LogP contribution in [-0.2, 0) is 4.74 Å². The fourth-order valence-corrected chi connectivity index (χ4v) is 3.17. The maximum absolute atomic E-state index is 12.3. The topological polar surface area (TPSA) is 67.9 Å². The minimum atomic E-state index is -0.533. The van der Waals surface area contributed by atoms with E-state index in [0.717, 1.165) is 5.56 Å². The summed E-state index contributed by atoms with van der Waals surface area (Å²) in [6.45, 7) is 6.52. The van der Waals surface area contributed by atoms with E-state index in [0.29, 0.717) is 24.4 Å². The third kappa shape index (κ3) is 2.98. The van der Waals surface area contributed by atoms with Crippen LogP contribution in [-0.4, -0.2) is 48.7 Å². The van der Waals surface area contributed by atoms with Gasteiger partial charge in [-0.25, -0.2) is 4.79 Å². The summed E-state index contributed by atoms with van der Waals surface area (Å²) in [5.41, 5.74) is 1.05. The lowest BCUT2D eigenvalue weighted by atomic mass is 9.86. The average Bonchev–Trinajstić information content (AvgIpc) is 2.89. The smallest absolute Gasteiger partial charge is 0.410 e. The van der Waals surface area contributed by atoms with Gasteiger partial charge in [0.05, 0.1) is 13.2 Å². The van der Waals surface area contributed by atoms with Crippen molar-refractivity contribution in [2.24, 2.45) is 0 Å². The number of likely N-dealkylation sites (tertiary alicyclic amines) is 1. The molecule has 2 aliphatic rings. The highest BCUT2D eigenvalue weighted by molar-refractivity contribution is 5.98. The zero-order valence-corrected chi connectivity index (χ0v) is 13.9. The van der Waals surface area contributed by atoms with E-state index < -0.39 is 5.60 Å². The number of rotatable bonds is 1. The Balaban J connectivity index is 1.85. The van der Waals surface area contributed by atoms with Gasteiger partial charge < -0.3 is 19.7 Å². The quantitative estimate of drug-likeness (QED) is 0.861. The SMILES string of the molecule is COc1ccc2c(c1)C1CN(C(=O)OC(C)(C)C)CC1NC2=O. The lowest BCUT2D eigenvalue weighted by Gasteiger charge is -2.27. The van der Waals surface area contributed by atoms with Gasteiger partial charge in [0.25, 0.3) is 5.91 Å². The van der Waals surface area contributed by atoms with Crippen LogP contribution in [0, 0.1) is 0 Å². The fourth-order valence-electron chi connectivity index (χ4n) is 3.17. The molecule has 2 heterocycles. The number of methoxy groups -OCH3 is 1. The standard InChI is InChI=1S/C17H22N2O4/c1-17(2,3)23-16(21)19-8-13-12-7-10(22-4)5-6-11(12)15(20)18-14(13)9-19/h5-7,13-14H,8-9H2,1-4H3,(H,18,20). The molecule has 2 amide bonds. The first-order chi connectivity index (χ1) is 10.8. The van der Waals surface area contributed by atoms with Crippen molar-refractivity contribution in [1.82, 2.24) is 10.2 Å². The molecule has 1 saturated heterocycles. The Morgan fingerprint density at radius 1 is 1.30 bits per heavy atom. The molecule has 0 aliphatic carbocycles. The molecule has 0 saturated carbocycles. The molecule has 1 aromatic carbocycles. The molecule has 0 spiro atoms. The average molecular weight is 318 g/mol. The lowest BCUT2D eigenvalue weighted by Crippen LogP contribution is -2.44. The van der Waals surface area contributed by atoms with Crippen LogP contribution in [0.25, 0.3) is 0 Å². The maximum Gasteiger partial charge on any atom is 0.410 e. The second-order valence-corrected chi connectivity index (χ2v) is 7.02. The molecule has 3 rings (SSSR count). The van der Waals surface area contributed by atoms with Crippen LogP contribution in [0.4, 0.5) is 4.79 Å². The number of nitrogens with zero attached hydrogens (tertiary/aromatic N) is 1. The van der Waals surface area contributed by atoms with Crippen LogP contribution < -0.4 is 10.1 Å². The van der Waals surface area contributed by atoms with Crippen molar-refractivity contribution in [1.29, 1.82) is 0 Å². The second-order valence-electron chi connectivity index (χ2n) is 7.02. The van der Waals surface area contributed by atoms with Gasteiger partial charge >= 0.3 is 6.09 Å². The summed E-state index contributed by atoms with van der Waals surface area (Å²) in [6.07, 6.45) is -0.342. The van der Waals surface area contributed by atoms with Crippen LogP contribution in [0.1, 0.15) is 42.6 Å². The number of benzene rings is 1. The second kappa shape index (κ2) is 5.44. The number of ether oxygens (including phenoxy) is 2. The summed E-state index contributed by atoms with van der Waals surface area (Å²) < 4.78 is 10.7. The van der Waals surface area contributed by atoms with Crippen LogP contribution in [0.3, 0.4) is 0 Å². The summed E-state index contributed by atoms with van der Waals surface area (Å²) in [7, 11) is 1.60. The molecule has 0 radical (unpaired) electrons. The third-order valence-electron chi connectivity index (χ3n) is 4.19. The number of amides is 2. The Hall–Kier alpha value is -2.24. The minimum absolute atomic E-state index is 0.0605. The predicted molar refractivity (Wildman–Crippen MR) is 84.8 cm³/mol. The summed E-state index contributed by atoms with van der Waals surface area (Å²) in [4.78, 5) is 26.2. The monoisotopic (exact) mass is 318 g/mol. The number of hydrogen-bond acceptors (Lipinski definition) is 4. The van der Waals surface area contributed by atoms with Gasteiger partial charge in [0.15, 0.2) is 0 Å². The molecule has 23 heavy (non-hydrogen) atoms. The molecule has 1 fully saturated rings. The van der Waals surface area contributed by atoms with E-state index in [9.17, 15) is 9.59 Å². The van der Waals surface area contributed by atoms with Gasteiger partial charge in [-0.15, -0.1) is 0 Å². The maximum atomic E-state index is 12.3. The third-order valence-corrected chi connectivity index (χ3v) is 4.19. The molecular formula is C17H22N2O4. The Bertz CT molecular complexity index is 650. The van der Waals surface area contributed by atoms with E-state index in [2.05, 4.69) is 5.32 Å². The molecule has 2 unspecified atom stereocenters. The molecule has 0 bridgehead atoms. The molecule has 6 nitrogen and oxygen atoms in total. The van der Waals surface area contributed by atoms with E-state index in [1.165, 1.54) is 0 Å².